The first-order chi connectivity index (χ1) is 12.2. The number of nitrogens with one attached hydrogen (secondary N) is 2. The molecule has 0 spiro atoms. The second-order valence-corrected chi connectivity index (χ2v) is 6.24. The quantitative estimate of drug-likeness (QED) is 0.656. The Morgan fingerprint density at radius 2 is 1.76 bits per heavy atom. The van der Waals surface area contributed by atoms with Crippen LogP contribution in [0.25, 0.3) is 0 Å². The lowest BCUT2D eigenvalue weighted by Gasteiger charge is -2.09. The van der Waals surface area contributed by atoms with Crippen LogP contribution in [0.4, 0.5) is 11.5 Å². The van der Waals surface area contributed by atoms with E-state index >= 15 is 0 Å². The van der Waals surface area contributed by atoms with Crippen LogP contribution in [0.5, 0.6) is 0 Å². The van der Waals surface area contributed by atoms with E-state index in [1.807, 2.05) is 42.5 Å². The maximum Gasteiger partial charge on any atom is 0.274 e. The Morgan fingerprint density at radius 3 is 2.56 bits per heavy atom. The van der Waals surface area contributed by atoms with E-state index in [4.69, 9.17) is 0 Å². The Hall–Kier alpha value is -2.73. The van der Waals surface area contributed by atoms with Crippen LogP contribution in [0.15, 0.2) is 71.5 Å². The molecule has 25 heavy (non-hydrogen) atoms. The van der Waals surface area contributed by atoms with Gasteiger partial charge in [-0.15, -0.1) is 0 Å². The molecule has 0 saturated heterocycles. The number of hydrogen-bond donors (Lipinski definition) is 2. The number of rotatable bonds is 6. The van der Waals surface area contributed by atoms with Crippen molar-refractivity contribution in [1.29, 1.82) is 0 Å². The van der Waals surface area contributed by atoms with E-state index in [2.05, 4.69) is 48.7 Å². The first-order valence-corrected chi connectivity index (χ1v) is 8.67. The highest BCUT2D eigenvalue weighted by molar-refractivity contribution is 9.10. The lowest BCUT2D eigenvalue weighted by Crippen LogP contribution is -2.15. The van der Waals surface area contributed by atoms with E-state index in [0.717, 1.165) is 17.4 Å². The number of amides is 1. The van der Waals surface area contributed by atoms with Crippen LogP contribution in [0.3, 0.4) is 0 Å². The molecule has 2 aromatic carbocycles. The zero-order valence-electron chi connectivity index (χ0n) is 13.4. The molecule has 5 nitrogen and oxygen atoms in total. The van der Waals surface area contributed by atoms with Crippen LogP contribution in [-0.4, -0.2) is 22.4 Å². The molecule has 0 unspecified atom stereocenters. The smallest absolute Gasteiger partial charge is 0.274 e. The first kappa shape index (κ1) is 17.1. The van der Waals surface area contributed by atoms with Crippen molar-refractivity contribution in [2.45, 2.75) is 6.42 Å². The summed E-state index contributed by atoms with van der Waals surface area (Å²) in [6.07, 6.45) is 2.27. The number of nitrogens with zero attached hydrogens (tertiary/aromatic N) is 2. The van der Waals surface area contributed by atoms with Crippen molar-refractivity contribution in [3.05, 3.63) is 82.7 Å². The van der Waals surface area contributed by atoms with Gasteiger partial charge in [-0.05, 0) is 40.0 Å². The normalized spacial score (nSPS) is 10.3. The molecule has 6 heteroatoms. The van der Waals surface area contributed by atoms with E-state index in [0.29, 0.717) is 17.2 Å². The Morgan fingerprint density at radius 1 is 1.00 bits per heavy atom. The molecular weight excluding hydrogens is 380 g/mol. The molecule has 0 atom stereocenters. The van der Waals surface area contributed by atoms with Crippen molar-refractivity contribution in [2.75, 3.05) is 17.2 Å². The van der Waals surface area contributed by atoms with Crippen LogP contribution in [0.1, 0.15) is 16.1 Å². The highest BCUT2D eigenvalue weighted by Crippen LogP contribution is 2.21. The van der Waals surface area contributed by atoms with Gasteiger partial charge < -0.3 is 10.6 Å². The summed E-state index contributed by atoms with van der Waals surface area (Å²) in [4.78, 5) is 20.6. The summed E-state index contributed by atoms with van der Waals surface area (Å²) in [5, 5.41) is 6.06. The van der Waals surface area contributed by atoms with Crippen LogP contribution in [0, 0.1) is 0 Å². The number of anilines is 2. The zero-order valence-corrected chi connectivity index (χ0v) is 15.0. The minimum absolute atomic E-state index is 0.277. The highest BCUT2D eigenvalue weighted by atomic mass is 79.9. The first-order valence-electron chi connectivity index (χ1n) is 7.88. The topological polar surface area (TPSA) is 66.9 Å². The van der Waals surface area contributed by atoms with E-state index in [1.165, 1.54) is 11.9 Å². The summed E-state index contributed by atoms with van der Waals surface area (Å²) < 4.78 is 0.818. The van der Waals surface area contributed by atoms with Gasteiger partial charge in [-0.25, -0.2) is 9.97 Å². The number of carbonyl (C=O) groups excluding carboxylic acids is 1. The van der Waals surface area contributed by atoms with Gasteiger partial charge in [0.1, 0.15) is 17.8 Å². The van der Waals surface area contributed by atoms with Crippen molar-refractivity contribution in [3.8, 4) is 0 Å². The van der Waals surface area contributed by atoms with Gasteiger partial charge in [0, 0.05) is 17.1 Å². The molecule has 2 N–H and O–H groups in total. The largest absolute Gasteiger partial charge is 0.370 e. The maximum absolute atomic E-state index is 12.4. The predicted octanol–water partition coefficient (Wildman–Crippen LogP) is 4.15. The van der Waals surface area contributed by atoms with Crippen molar-refractivity contribution in [2.24, 2.45) is 0 Å². The van der Waals surface area contributed by atoms with Gasteiger partial charge in [0.05, 0.1) is 5.69 Å². The van der Waals surface area contributed by atoms with Crippen LogP contribution >= 0.6 is 15.9 Å². The number of para-hydroxylation sites is 1. The minimum atomic E-state index is -0.277. The minimum Gasteiger partial charge on any atom is -0.370 e. The van der Waals surface area contributed by atoms with Gasteiger partial charge >= 0.3 is 0 Å². The molecule has 0 fully saturated rings. The number of hydrogen-bond acceptors (Lipinski definition) is 4. The third-order valence-corrected chi connectivity index (χ3v) is 4.28. The standard InChI is InChI=1S/C19H17BrN4O/c20-15-8-4-5-9-16(15)24-19(25)17-12-18(23-13-22-17)21-11-10-14-6-2-1-3-7-14/h1-9,12-13H,10-11H2,(H,24,25)(H,21,22,23). The van der Waals surface area contributed by atoms with Gasteiger partial charge in [-0.3, -0.25) is 4.79 Å². The Kier molecular flexibility index (Phi) is 5.74. The number of carbonyl (C=O) groups is 1. The van der Waals surface area contributed by atoms with Gasteiger partial charge in [-0.2, -0.15) is 0 Å². The molecule has 0 radical (unpaired) electrons. The zero-order chi connectivity index (χ0) is 17.5. The second-order valence-electron chi connectivity index (χ2n) is 5.38. The molecule has 0 bridgehead atoms. The van der Waals surface area contributed by atoms with Gasteiger partial charge in [-0.1, -0.05) is 42.5 Å². The monoisotopic (exact) mass is 396 g/mol. The van der Waals surface area contributed by atoms with Crippen LogP contribution in [0.2, 0.25) is 0 Å². The molecule has 0 saturated carbocycles. The average Bonchev–Trinajstić information content (AvgIpc) is 2.65. The molecule has 126 valence electrons. The van der Waals surface area contributed by atoms with Crippen LogP contribution < -0.4 is 10.6 Å². The second kappa shape index (κ2) is 8.39. The van der Waals surface area contributed by atoms with E-state index in [-0.39, 0.29) is 5.91 Å². The fraction of sp³-hybridized carbons (Fsp3) is 0.105. The summed E-state index contributed by atoms with van der Waals surface area (Å²) in [5.74, 6) is 0.351. The molecule has 0 aliphatic rings. The SMILES string of the molecule is O=C(Nc1ccccc1Br)c1cc(NCCc2ccccc2)ncn1. The molecule has 1 amide bonds. The van der Waals surface area contributed by atoms with Gasteiger partial charge in [0.2, 0.25) is 0 Å². The predicted molar refractivity (Wildman–Crippen MR) is 103 cm³/mol. The lowest BCUT2D eigenvalue weighted by atomic mass is 10.1. The van der Waals surface area contributed by atoms with E-state index < -0.39 is 0 Å². The summed E-state index contributed by atoms with van der Waals surface area (Å²) in [5.41, 5.74) is 2.26. The number of benzene rings is 2. The van der Waals surface area contributed by atoms with Crippen molar-refractivity contribution >= 4 is 33.3 Å². The average molecular weight is 397 g/mol. The van der Waals surface area contributed by atoms with E-state index in [9.17, 15) is 4.79 Å². The third-order valence-electron chi connectivity index (χ3n) is 3.58. The maximum atomic E-state index is 12.4. The molecule has 0 aliphatic heterocycles. The summed E-state index contributed by atoms with van der Waals surface area (Å²) >= 11 is 3.41. The van der Waals surface area contributed by atoms with Crippen molar-refractivity contribution in [3.63, 3.8) is 0 Å². The Labute approximate surface area is 154 Å². The Bertz CT molecular complexity index is 855. The summed E-state index contributed by atoms with van der Waals surface area (Å²) in [6.45, 7) is 0.728. The summed E-state index contributed by atoms with van der Waals surface area (Å²) in [7, 11) is 0. The van der Waals surface area contributed by atoms with E-state index in [1.54, 1.807) is 6.07 Å². The number of aromatic nitrogens is 2. The molecule has 1 heterocycles. The Balaban J connectivity index is 1.61. The number of halogens is 1. The fourth-order valence-corrected chi connectivity index (χ4v) is 2.69. The van der Waals surface area contributed by atoms with Crippen LogP contribution in [-0.2, 0) is 6.42 Å². The van der Waals surface area contributed by atoms with Gasteiger partial charge in [0.25, 0.3) is 5.91 Å². The molecule has 3 aromatic rings. The molecule has 0 aliphatic carbocycles. The third kappa shape index (κ3) is 4.87. The molecule has 3 rings (SSSR count). The molecule has 1 aromatic heterocycles. The summed E-state index contributed by atoms with van der Waals surface area (Å²) in [6, 6.07) is 19.3. The highest BCUT2D eigenvalue weighted by Gasteiger charge is 2.10. The fourth-order valence-electron chi connectivity index (χ4n) is 2.31. The van der Waals surface area contributed by atoms with Crippen molar-refractivity contribution < 1.29 is 4.79 Å². The van der Waals surface area contributed by atoms with Crippen molar-refractivity contribution in [1.82, 2.24) is 9.97 Å². The van der Waals surface area contributed by atoms with Gasteiger partial charge in [0.15, 0.2) is 0 Å². The molecular formula is C19H17BrN4O. The lowest BCUT2D eigenvalue weighted by molar-refractivity contribution is 0.102.